The summed E-state index contributed by atoms with van der Waals surface area (Å²) in [7, 11) is 3.84. The van der Waals surface area contributed by atoms with Gasteiger partial charge in [0, 0.05) is 58.4 Å². The monoisotopic (exact) mass is 440 g/mol. The SMILES string of the molecule is CN(c1ccc(F)cc1)c1nnc(N2CCN(c3ncccn3)CC2)n1C.Cl.Cl. The lowest BCUT2D eigenvalue weighted by Crippen LogP contribution is -2.48. The fourth-order valence-corrected chi connectivity index (χ4v) is 3.22. The van der Waals surface area contributed by atoms with Gasteiger partial charge < -0.3 is 14.7 Å². The van der Waals surface area contributed by atoms with Crippen molar-refractivity contribution < 1.29 is 4.39 Å². The molecule has 156 valence electrons. The van der Waals surface area contributed by atoms with Crippen LogP contribution in [0.2, 0.25) is 0 Å². The maximum atomic E-state index is 13.2. The zero-order valence-electron chi connectivity index (χ0n) is 16.1. The Morgan fingerprint density at radius 2 is 1.48 bits per heavy atom. The van der Waals surface area contributed by atoms with Gasteiger partial charge >= 0.3 is 0 Å². The molecule has 29 heavy (non-hydrogen) atoms. The summed E-state index contributed by atoms with van der Waals surface area (Å²) >= 11 is 0. The normalized spacial score (nSPS) is 13.5. The number of rotatable bonds is 4. The molecule has 0 saturated carbocycles. The molecular formula is C18H23Cl2FN8. The minimum Gasteiger partial charge on any atom is -0.337 e. The highest BCUT2D eigenvalue weighted by molar-refractivity contribution is 5.85. The molecule has 0 spiro atoms. The third-order valence-corrected chi connectivity index (χ3v) is 4.74. The van der Waals surface area contributed by atoms with Crippen LogP contribution in [0.1, 0.15) is 0 Å². The number of piperazine rings is 1. The van der Waals surface area contributed by atoms with Crippen molar-refractivity contribution in [3.63, 3.8) is 0 Å². The van der Waals surface area contributed by atoms with Crippen molar-refractivity contribution in [3.8, 4) is 0 Å². The molecule has 1 saturated heterocycles. The molecule has 1 aliphatic heterocycles. The minimum absolute atomic E-state index is 0. The molecule has 2 aromatic heterocycles. The van der Waals surface area contributed by atoms with Crippen LogP contribution in [0.3, 0.4) is 0 Å². The van der Waals surface area contributed by atoms with E-state index in [1.54, 1.807) is 24.5 Å². The molecule has 0 bridgehead atoms. The second-order valence-electron chi connectivity index (χ2n) is 6.42. The number of anilines is 4. The molecule has 1 aliphatic rings. The van der Waals surface area contributed by atoms with E-state index in [0.717, 1.165) is 43.8 Å². The summed E-state index contributed by atoms with van der Waals surface area (Å²) in [6, 6.07) is 8.14. The number of halogens is 3. The molecule has 0 radical (unpaired) electrons. The number of hydrogen-bond donors (Lipinski definition) is 0. The molecule has 4 rings (SSSR count). The van der Waals surface area contributed by atoms with Gasteiger partial charge in [-0.3, -0.25) is 4.57 Å². The van der Waals surface area contributed by atoms with Crippen molar-refractivity contribution in [1.82, 2.24) is 24.7 Å². The van der Waals surface area contributed by atoms with Crippen LogP contribution in [0, 0.1) is 5.82 Å². The second kappa shape index (κ2) is 9.71. The summed E-state index contributed by atoms with van der Waals surface area (Å²) in [6.45, 7) is 3.26. The highest BCUT2D eigenvalue weighted by Crippen LogP contribution is 2.25. The largest absolute Gasteiger partial charge is 0.337 e. The van der Waals surface area contributed by atoms with Gasteiger partial charge in [-0.15, -0.1) is 35.0 Å². The fourth-order valence-electron chi connectivity index (χ4n) is 3.22. The van der Waals surface area contributed by atoms with Gasteiger partial charge in [-0.05, 0) is 30.3 Å². The van der Waals surface area contributed by atoms with Crippen LogP contribution in [0.15, 0.2) is 42.7 Å². The zero-order chi connectivity index (χ0) is 18.8. The van der Waals surface area contributed by atoms with Crippen LogP contribution in [0.25, 0.3) is 0 Å². The highest BCUT2D eigenvalue weighted by atomic mass is 35.5. The minimum atomic E-state index is -0.258. The van der Waals surface area contributed by atoms with Crippen LogP contribution < -0.4 is 14.7 Å². The molecule has 1 fully saturated rings. The summed E-state index contributed by atoms with van der Waals surface area (Å²) < 4.78 is 15.1. The van der Waals surface area contributed by atoms with E-state index in [0.29, 0.717) is 5.95 Å². The molecule has 8 nitrogen and oxygen atoms in total. The van der Waals surface area contributed by atoms with Gasteiger partial charge in [0.25, 0.3) is 0 Å². The van der Waals surface area contributed by atoms with Crippen molar-refractivity contribution in [3.05, 3.63) is 48.5 Å². The number of hydrogen-bond acceptors (Lipinski definition) is 7. The van der Waals surface area contributed by atoms with E-state index in [1.165, 1.54) is 12.1 Å². The molecule has 0 amide bonds. The summed E-state index contributed by atoms with van der Waals surface area (Å²) in [6.07, 6.45) is 3.52. The molecule has 3 aromatic rings. The summed E-state index contributed by atoms with van der Waals surface area (Å²) in [5.41, 5.74) is 0.851. The van der Waals surface area contributed by atoms with E-state index in [4.69, 9.17) is 0 Å². The Hall–Kier alpha value is -2.65. The van der Waals surface area contributed by atoms with Gasteiger partial charge in [0.05, 0.1) is 0 Å². The number of aromatic nitrogens is 5. The summed E-state index contributed by atoms with van der Waals surface area (Å²) in [4.78, 5) is 14.9. The predicted octanol–water partition coefficient (Wildman–Crippen LogP) is 2.68. The second-order valence-corrected chi connectivity index (χ2v) is 6.42. The van der Waals surface area contributed by atoms with Crippen molar-refractivity contribution in [1.29, 1.82) is 0 Å². The first-order chi connectivity index (χ1) is 13.1. The van der Waals surface area contributed by atoms with Crippen LogP contribution in [0.5, 0.6) is 0 Å². The highest BCUT2D eigenvalue weighted by Gasteiger charge is 2.24. The lowest BCUT2D eigenvalue weighted by atomic mass is 10.3. The molecule has 0 N–H and O–H groups in total. The van der Waals surface area contributed by atoms with E-state index >= 15 is 0 Å². The standard InChI is InChI=1S/C18H21FN8.2ClH/c1-24(15-6-4-14(19)5-7-15)17-22-23-18(25(17)2)27-12-10-26(11-13-27)16-20-8-3-9-21-16;;/h3-9H,10-13H2,1-2H3;2*1H. The van der Waals surface area contributed by atoms with Crippen molar-refractivity contribution in [2.24, 2.45) is 7.05 Å². The van der Waals surface area contributed by atoms with Gasteiger partial charge in [-0.25, -0.2) is 14.4 Å². The van der Waals surface area contributed by atoms with Crippen molar-refractivity contribution >= 4 is 48.3 Å². The third-order valence-electron chi connectivity index (χ3n) is 4.74. The molecule has 3 heterocycles. The smallest absolute Gasteiger partial charge is 0.232 e. The Labute approximate surface area is 181 Å². The van der Waals surface area contributed by atoms with Gasteiger partial charge in [0.2, 0.25) is 17.8 Å². The van der Waals surface area contributed by atoms with E-state index < -0.39 is 0 Å². The third kappa shape index (κ3) is 4.68. The van der Waals surface area contributed by atoms with Crippen molar-refractivity contribution in [2.45, 2.75) is 0 Å². The lowest BCUT2D eigenvalue weighted by molar-refractivity contribution is 0.618. The molecular weight excluding hydrogens is 418 g/mol. The van der Waals surface area contributed by atoms with Gasteiger partial charge in [-0.1, -0.05) is 0 Å². The maximum Gasteiger partial charge on any atom is 0.232 e. The van der Waals surface area contributed by atoms with Crippen LogP contribution >= 0.6 is 24.8 Å². The number of nitrogens with zero attached hydrogens (tertiary/aromatic N) is 8. The summed E-state index contributed by atoms with van der Waals surface area (Å²) in [5, 5.41) is 8.71. The lowest BCUT2D eigenvalue weighted by Gasteiger charge is -2.35. The Kier molecular flexibility index (Phi) is 7.58. The molecule has 0 unspecified atom stereocenters. The van der Waals surface area contributed by atoms with E-state index in [-0.39, 0.29) is 30.6 Å². The quantitative estimate of drug-likeness (QED) is 0.617. The predicted molar refractivity (Wildman–Crippen MR) is 116 cm³/mol. The summed E-state index contributed by atoms with van der Waals surface area (Å²) in [5.74, 6) is 2.01. The molecule has 0 aliphatic carbocycles. The molecule has 11 heteroatoms. The van der Waals surface area contributed by atoms with Gasteiger partial charge in [-0.2, -0.15) is 0 Å². The average Bonchev–Trinajstić information content (AvgIpc) is 3.10. The van der Waals surface area contributed by atoms with Crippen LogP contribution in [-0.4, -0.2) is 58.0 Å². The van der Waals surface area contributed by atoms with E-state index in [2.05, 4.69) is 30.0 Å². The fraction of sp³-hybridized carbons (Fsp3) is 0.333. The Morgan fingerprint density at radius 1 is 0.897 bits per heavy atom. The van der Waals surface area contributed by atoms with Crippen LogP contribution in [0.4, 0.5) is 27.9 Å². The Morgan fingerprint density at radius 3 is 2.10 bits per heavy atom. The Bertz CT molecular complexity index is 898. The molecule has 0 atom stereocenters. The first-order valence-corrected chi connectivity index (χ1v) is 8.79. The van der Waals surface area contributed by atoms with Crippen molar-refractivity contribution in [2.75, 3.05) is 47.9 Å². The van der Waals surface area contributed by atoms with E-state index in [9.17, 15) is 4.39 Å². The Balaban J connectivity index is 0.00000150. The number of benzene rings is 1. The zero-order valence-corrected chi connectivity index (χ0v) is 17.8. The molecule has 1 aromatic carbocycles. The van der Waals surface area contributed by atoms with E-state index in [1.807, 2.05) is 29.6 Å². The topological polar surface area (TPSA) is 66.2 Å². The van der Waals surface area contributed by atoms with Crippen LogP contribution in [-0.2, 0) is 7.05 Å². The average molecular weight is 441 g/mol. The maximum absolute atomic E-state index is 13.2. The van der Waals surface area contributed by atoms with Gasteiger partial charge in [0.15, 0.2) is 0 Å². The first-order valence-electron chi connectivity index (χ1n) is 8.79. The van der Waals surface area contributed by atoms with Gasteiger partial charge in [0.1, 0.15) is 5.82 Å². The first kappa shape index (κ1) is 22.6.